The van der Waals surface area contributed by atoms with Crippen LogP contribution < -0.4 is 5.32 Å². The molecule has 2 atom stereocenters. The lowest BCUT2D eigenvalue weighted by Crippen LogP contribution is -2.48. The largest absolute Gasteiger partial charge is 0.444 e. The molecular formula is C17H30N2O3. The van der Waals surface area contributed by atoms with Crippen LogP contribution in [0.4, 0.5) is 4.79 Å². The molecular weight excluding hydrogens is 280 g/mol. The third kappa shape index (κ3) is 4.62. The molecule has 2 aliphatic rings. The molecule has 2 amide bonds. The Hall–Kier alpha value is -1.26. The maximum Gasteiger partial charge on any atom is 0.410 e. The highest BCUT2D eigenvalue weighted by Crippen LogP contribution is 2.32. The molecule has 126 valence electrons. The van der Waals surface area contributed by atoms with Gasteiger partial charge in [0, 0.05) is 19.1 Å². The highest BCUT2D eigenvalue weighted by molar-refractivity contribution is 5.80. The third-order valence-corrected chi connectivity index (χ3v) is 4.47. The first kappa shape index (κ1) is 17.1. The minimum Gasteiger partial charge on any atom is -0.444 e. The second kappa shape index (κ2) is 7.34. The number of amides is 2. The number of fused-ring (bicyclic) bond motifs is 1. The summed E-state index contributed by atoms with van der Waals surface area (Å²) in [6, 6.07) is -0.00653. The van der Waals surface area contributed by atoms with Crippen molar-refractivity contribution in [2.75, 3.05) is 13.1 Å². The van der Waals surface area contributed by atoms with E-state index in [0.29, 0.717) is 6.54 Å². The molecule has 0 aromatic rings. The molecule has 0 radical (unpaired) electrons. The number of hydrogen-bond donors (Lipinski definition) is 1. The molecule has 22 heavy (non-hydrogen) atoms. The van der Waals surface area contributed by atoms with Crippen LogP contribution in [0.2, 0.25) is 0 Å². The van der Waals surface area contributed by atoms with Crippen LogP contribution in [0.5, 0.6) is 0 Å². The molecule has 1 heterocycles. The summed E-state index contributed by atoms with van der Waals surface area (Å²) >= 11 is 0. The summed E-state index contributed by atoms with van der Waals surface area (Å²) in [6.45, 7) is 7.11. The molecule has 1 saturated heterocycles. The number of ether oxygens (including phenoxy) is 1. The van der Waals surface area contributed by atoms with Crippen LogP contribution in [0, 0.1) is 5.92 Å². The van der Waals surface area contributed by atoms with Gasteiger partial charge in [0.05, 0.1) is 5.92 Å². The number of hydrogen-bond acceptors (Lipinski definition) is 3. The lowest BCUT2D eigenvalue weighted by atomic mass is 10.0. The Morgan fingerprint density at radius 1 is 1.14 bits per heavy atom. The number of nitrogens with one attached hydrogen (secondary N) is 1. The third-order valence-electron chi connectivity index (χ3n) is 4.47. The second-order valence-corrected chi connectivity index (χ2v) is 7.48. The van der Waals surface area contributed by atoms with E-state index < -0.39 is 5.60 Å². The van der Waals surface area contributed by atoms with E-state index >= 15 is 0 Å². The van der Waals surface area contributed by atoms with Gasteiger partial charge in [-0.15, -0.1) is 0 Å². The van der Waals surface area contributed by atoms with Crippen molar-refractivity contribution < 1.29 is 14.3 Å². The van der Waals surface area contributed by atoms with Crippen molar-refractivity contribution in [1.82, 2.24) is 10.2 Å². The number of carbonyl (C=O) groups excluding carboxylic acids is 2. The Kier molecular flexibility index (Phi) is 5.70. The summed E-state index contributed by atoms with van der Waals surface area (Å²) in [7, 11) is 0. The van der Waals surface area contributed by atoms with Gasteiger partial charge in [-0.2, -0.15) is 0 Å². The lowest BCUT2D eigenvalue weighted by molar-refractivity contribution is -0.126. The minimum atomic E-state index is -0.500. The van der Waals surface area contributed by atoms with Gasteiger partial charge in [0.1, 0.15) is 5.60 Å². The van der Waals surface area contributed by atoms with Gasteiger partial charge in [-0.25, -0.2) is 4.79 Å². The zero-order valence-electron chi connectivity index (χ0n) is 14.2. The van der Waals surface area contributed by atoms with Crippen LogP contribution in [0.15, 0.2) is 0 Å². The van der Waals surface area contributed by atoms with Crippen LogP contribution >= 0.6 is 0 Å². The van der Waals surface area contributed by atoms with Crippen LogP contribution in [0.1, 0.15) is 65.7 Å². The van der Waals surface area contributed by atoms with E-state index in [1.807, 2.05) is 25.7 Å². The summed E-state index contributed by atoms with van der Waals surface area (Å²) in [6.07, 6.45) is 6.70. The van der Waals surface area contributed by atoms with E-state index in [4.69, 9.17) is 4.74 Å². The van der Waals surface area contributed by atoms with Crippen LogP contribution in [0.3, 0.4) is 0 Å². The molecule has 5 heteroatoms. The summed E-state index contributed by atoms with van der Waals surface area (Å²) in [5.74, 6) is 0.0311. The highest BCUT2D eigenvalue weighted by Gasteiger charge is 2.40. The van der Waals surface area contributed by atoms with Gasteiger partial charge in [0.25, 0.3) is 0 Å². The molecule has 0 aromatic heterocycles. The zero-order chi connectivity index (χ0) is 16.2. The molecule has 1 aliphatic heterocycles. The fraction of sp³-hybridized carbons (Fsp3) is 0.882. The normalized spacial score (nSPS) is 27.6. The van der Waals surface area contributed by atoms with E-state index in [0.717, 1.165) is 51.5 Å². The van der Waals surface area contributed by atoms with Gasteiger partial charge in [-0.3, -0.25) is 4.79 Å². The summed E-state index contributed by atoms with van der Waals surface area (Å²) in [4.78, 5) is 26.8. The zero-order valence-corrected chi connectivity index (χ0v) is 14.2. The molecule has 0 spiro atoms. The summed E-state index contributed by atoms with van der Waals surface area (Å²) in [5, 5.41) is 3.04. The van der Waals surface area contributed by atoms with Gasteiger partial charge in [-0.1, -0.05) is 19.3 Å². The van der Waals surface area contributed by atoms with Gasteiger partial charge in [-0.05, 0) is 46.5 Å². The molecule has 2 rings (SSSR count). The maximum absolute atomic E-state index is 12.6. The van der Waals surface area contributed by atoms with Crippen LogP contribution in [-0.2, 0) is 9.53 Å². The lowest BCUT2D eigenvalue weighted by Gasteiger charge is -2.34. The molecule has 0 aromatic carbocycles. The molecule has 1 saturated carbocycles. The first-order chi connectivity index (χ1) is 10.4. The number of carbonyl (C=O) groups is 2. The molecule has 5 nitrogen and oxygen atoms in total. The highest BCUT2D eigenvalue weighted by atomic mass is 16.6. The van der Waals surface area contributed by atoms with Crippen LogP contribution in [-0.4, -0.2) is 41.6 Å². The first-order valence-electron chi connectivity index (χ1n) is 8.66. The monoisotopic (exact) mass is 310 g/mol. The quantitative estimate of drug-likeness (QED) is 0.748. The van der Waals surface area contributed by atoms with E-state index in [-0.39, 0.29) is 24.0 Å². The SMILES string of the molecule is CC(C)(C)OC(=O)N1CCCCCCNC(=O)C2CCCC21. The predicted molar refractivity (Wildman–Crippen MR) is 85.5 cm³/mol. The van der Waals surface area contributed by atoms with Gasteiger partial charge >= 0.3 is 6.09 Å². The van der Waals surface area contributed by atoms with Crippen molar-refractivity contribution in [3.63, 3.8) is 0 Å². The van der Waals surface area contributed by atoms with Crippen molar-refractivity contribution in [3.05, 3.63) is 0 Å². The summed E-state index contributed by atoms with van der Waals surface area (Å²) < 4.78 is 5.58. The second-order valence-electron chi connectivity index (χ2n) is 7.48. The van der Waals surface area contributed by atoms with Gasteiger partial charge in [0.2, 0.25) is 5.91 Å². The molecule has 2 fully saturated rings. The predicted octanol–water partition coefficient (Wildman–Crippen LogP) is 3.08. The number of nitrogens with zero attached hydrogens (tertiary/aromatic N) is 1. The Balaban J connectivity index is 2.14. The minimum absolute atomic E-state index is 0.00653. The van der Waals surface area contributed by atoms with Crippen molar-refractivity contribution in [2.45, 2.75) is 77.4 Å². The molecule has 1 N–H and O–H groups in total. The van der Waals surface area contributed by atoms with Crippen molar-refractivity contribution in [1.29, 1.82) is 0 Å². The molecule has 0 bridgehead atoms. The average Bonchev–Trinajstić information content (AvgIpc) is 2.87. The fourth-order valence-electron chi connectivity index (χ4n) is 3.44. The molecule has 2 unspecified atom stereocenters. The van der Waals surface area contributed by atoms with E-state index in [2.05, 4.69) is 5.32 Å². The fourth-order valence-corrected chi connectivity index (χ4v) is 3.44. The number of rotatable bonds is 0. The van der Waals surface area contributed by atoms with Crippen molar-refractivity contribution >= 4 is 12.0 Å². The standard InChI is InChI=1S/C17H30N2O3/c1-17(2,3)22-16(21)19-12-7-5-4-6-11-18-15(20)13-9-8-10-14(13)19/h13-14H,4-12H2,1-3H3,(H,18,20). The topological polar surface area (TPSA) is 58.6 Å². The Morgan fingerprint density at radius 2 is 1.86 bits per heavy atom. The summed E-state index contributed by atoms with van der Waals surface area (Å²) in [5.41, 5.74) is -0.500. The van der Waals surface area contributed by atoms with E-state index in [1.54, 1.807) is 0 Å². The Bertz CT molecular complexity index is 403. The van der Waals surface area contributed by atoms with Gasteiger partial charge in [0.15, 0.2) is 0 Å². The maximum atomic E-state index is 12.6. The molecule has 1 aliphatic carbocycles. The Morgan fingerprint density at radius 3 is 2.59 bits per heavy atom. The first-order valence-corrected chi connectivity index (χ1v) is 8.66. The van der Waals surface area contributed by atoms with Crippen molar-refractivity contribution in [3.8, 4) is 0 Å². The van der Waals surface area contributed by atoms with Crippen molar-refractivity contribution in [2.24, 2.45) is 5.92 Å². The van der Waals surface area contributed by atoms with Gasteiger partial charge < -0.3 is 15.0 Å². The smallest absolute Gasteiger partial charge is 0.410 e. The van der Waals surface area contributed by atoms with Crippen LogP contribution in [0.25, 0.3) is 0 Å². The average molecular weight is 310 g/mol. The Labute approximate surface area is 133 Å². The van der Waals surface area contributed by atoms with E-state index in [9.17, 15) is 9.59 Å². The van der Waals surface area contributed by atoms with E-state index in [1.165, 1.54) is 0 Å².